The van der Waals surface area contributed by atoms with E-state index in [0.29, 0.717) is 10.8 Å². The zero-order chi connectivity index (χ0) is 12.1. The normalized spacial score (nSPS) is 12.6. The summed E-state index contributed by atoms with van der Waals surface area (Å²) in [4.78, 5) is 0. The third-order valence-corrected chi connectivity index (χ3v) is 3.24. The largest absolute Gasteiger partial charge is 0.495 e. The quantitative estimate of drug-likeness (QED) is 0.877. The number of hydrogen-bond acceptors (Lipinski definition) is 2. The molecule has 0 heterocycles. The van der Waals surface area contributed by atoms with Crippen LogP contribution in [0.15, 0.2) is 16.6 Å². The van der Waals surface area contributed by atoms with Crippen molar-refractivity contribution in [3.05, 3.63) is 27.2 Å². The summed E-state index contributed by atoms with van der Waals surface area (Å²) in [6, 6.07) is 3.52. The Balaban J connectivity index is 3.00. The summed E-state index contributed by atoms with van der Waals surface area (Å²) in [5.41, 5.74) is 0.746. The van der Waals surface area contributed by atoms with Crippen molar-refractivity contribution in [3.63, 3.8) is 0 Å². The molecule has 1 N–H and O–H groups in total. The van der Waals surface area contributed by atoms with Crippen LogP contribution in [-0.2, 0) is 0 Å². The highest BCUT2D eigenvalue weighted by molar-refractivity contribution is 9.10. The number of halogens is 2. The Hall–Kier alpha value is -0.250. The molecule has 0 aliphatic carbocycles. The molecule has 90 valence electrons. The van der Waals surface area contributed by atoms with E-state index in [0.717, 1.165) is 29.3 Å². The minimum Gasteiger partial charge on any atom is -0.495 e. The van der Waals surface area contributed by atoms with Gasteiger partial charge in [-0.05, 0) is 34.5 Å². The van der Waals surface area contributed by atoms with Crippen molar-refractivity contribution >= 4 is 27.5 Å². The smallest absolute Gasteiger partial charge is 0.138 e. The highest BCUT2D eigenvalue weighted by atomic mass is 79.9. The summed E-state index contributed by atoms with van der Waals surface area (Å²) >= 11 is 9.33. The van der Waals surface area contributed by atoms with E-state index in [9.17, 15) is 5.11 Å². The molecule has 0 spiro atoms. The first-order valence-corrected chi connectivity index (χ1v) is 6.48. The van der Waals surface area contributed by atoms with Crippen LogP contribution in [0.25, 0.3) is 0 Å². The summed E-state index contributed by atoms with van der Waals surface area (Å²) in [5, 5.41) is 10.6. The maximum atomic E-state index is 10.1. The van der Waals surface area contributed by atoms with Gasteiger partial charge in [-0.1, -0.05) is 31.4 Å². The summed E-state index contributed by atoms with van der Waals surface area (Å²) in [6.45, 7) is 2.10. The zero-order valence-corrected chi connectivity index (χ0v) is 11.8. The van der Waals surface area contributed by atoms with Gasteiger partial charge in [-0.3, -0.25) is 0 Å². The third-order valence-electron chi connectivity index (χ3n) is 2.43. The van der Waals surface area contributed by atoms with Gasteiger partial charge >= 0.3 is 0 Å². The molecule has 1 unspecified atom stereocenters. The lowest BCUT2D eigenvalue weighted by Crippen LogP contribution is -2.01. The molecule has 0 radical (unpaired) electrons. The Morgan fingerprint density at radius 3 is 2.75 bits per heavy atom. The number of unbranched alkanes of at least 4 members (excludes halogenated alkanes) is 1. The van der Waals surface area contributed by atoms with Gasteiger partial charge in [0.1, 0.15) is 5.75 Å². The number of benzene rings is 1. The number of methoxy groups -OCH3 is 1. The lowest BCUT2D eigenvalue weighted by molar-refractivity contribution is 0.160. The van der Waals surface area contributed by atoms with Crippen LogP contribution in [0.4, 0.5) is 0 Å². The van der Waals surface area contributed by atoms with Crippen LogP contribution in [0, 0.1) is 0 Å². The van der Waals surface area contributed by atoms with Gasteiger partial charge < -0.3 is 9.84 Å². The highest BCUT2D eigenvalue weighted by Gasteiger charge is 2.16. The van der Waals surface area contributed by atoms with Gasteiger partial charge in [0.25, 0.3) is 0 Å². The Labute approximate surface area is 110 Å². The summed E-state index contributed by atoms with van der Waals surface area (Å²) in [7, 11) is 1.59. The van der Waals surface area contributed by atoms with Crippen molar-refractivity contribution < 1.29 is 9.84 Å². The van der Waals surface area contributed by atoms with Gasteiger partial charge in [0, 0.05) is 10.6 Å². The minimum atomic E-state index is -0.523. The van der Waals surface area contributed by atoms with E-state index in [1.807, 2.05) is 0 Å². The van der Waals surface area contributed by atoms with Gasteiger partial charge in [0.2, 0.25) is 0 Å². The second-order valence-corrected chi connectivity index (χ2v) is 4.96. The van der Waals surface area contributed by atoms with Crippen LogP contribution in [0.5, 0.6) is 5.75 Å². The predicted octanol–water partition coefficient (Wildman–Crippen LogP) is 4.33. The van der Waals surface area contributed by atoms with E-state index in [1.54, 1.807) is 19.2 Å². The van der Waals surface area contributed by atoms with Crippen molar-refractivity contribution in [1.29, 1.82) is 0 Å². The Kier molecular flexibility index (Phi) is 5.59. The molecular formula is C12H16BrClO2. The van der Waals surface area contributed by atoms with Crippen molar-refractivity contribution in [1.82, 2.24) is 0 Å². The van der Waals surface area contributed by atoms with E-state index < -0.39 is 6.10 Å². The molecule has 0 saturated carbocycles. The molecule has 1 rings (SSSR count). The summed E-state index contributed by atoms with van der Waals surface area (Å²) in [5.74, 6) is 0.660. The number of hydrogen-bond donors (Lipinski definition) is 1. The fourth-order valence-corrected chi connectivity index (χ4v) is 2.59. The fraction of sp³-hybridized carbons (Fsp3) is 0.500. The number of ether oxygens (including phenoxy) is 1. The average Bonchev–Trinajstić information content (AvgIpc) is 2.24. The van der Waals surface area contributed by atoms with Gasteiger partial charge in [-0.15, -0.1) is 0 Å². The standard InChI is InChI=1S/C12H16BrClO2/c1-3-4-5-11(15)9-6-8(14)7-10(13)12(9)16-2/h6-7,11,15H,3-5H2,1-2H3. The van der Waals surface area contributed by atoms with Crippen LogP contribution in [0.2, 0.25) is 5.02 Å². The number of rotatable bonds is 5. The maximum Gasteiger partial charge on any atom is 0.138 e. The van der Waals surface area contributed by atoms with Crippen LogP contribution >= 0.6 is 27.5 Å². The zero-order valence-electron chi connectivity index (χ0n) is 9.46. The molecule has 1 atom stereocenters. The molecule has 0 aliphatic heterocycles. The minimum absolute atomic E-state index is 0.523. The second-order valence-electron chi connectivity index (χ2n) is 3.67. The van der Waals surface area contributed by atoms with Crippen molar-refractivity contribution in [3.8, 4) is 5.75 Å². The fourth-order valence-electron chi connectivity index (χ4n) is 1.60. The highest BCUT2D eigenvalue weighted by Crippen LogP contribution is 2.37. The van der Waals surface area contributed by atoms with Crippen LogP contribution < -0.4 is 4.74 Å². The van der Waals surface area contributed by atoms with Gasteiger partial charge in [0.15, 0.2) is 0 Å². The topological polar surface area (TPSA) is 29.5 Å². The second kappa shape index (κ2) is 6.48. The molecule has 2 nitrogen and oxygen atoms in total. The Morgan fingerprint density at radius 2 is 2.19 bits per heavy atom. The SMILES string of the molecule is CCCCC(O)c1cc(Cl)cc(Br)c1OC. The summed E-state index contributed by atoms with van der Waals surface area (Å²) in [6.07, 6.45) is 2.24. The first-order chi connectivity index (χ1) is 7.60. The lowest BCUT2D eigenvalue weighted by atomic mass is 10.0. The molecular weight excluding hydrogens is 291 g/mol. The molecule has 0 aromatic heterocycles. The summed E-state index contributed by atoms with van der Waals surface area (Å²) < 4.78 is 6.04. The number of aliphatic hydroxyl groups is 1. The van der Waals surface area contributed by atoms with E-state index in [4.69, 9.17) is 16.3 Å². The van der Waals surface area contributed by atoms with Crippen molar-refractivity contribution in [2.75, 3.05) is 7.11 Å². The van der Waals surface area contributed by atoms with E-state index in [2.05, 4.69) is 22.9 Å². The molecule has 0 fully saturated rings. The third kappa shape index (κ3) is 3.37. The van der Waals surface area contributed by atoms with Crippen LogP contribution in [0.3, 0.4) is 0 Å². The molecule has 16 heavy (non-hydrogen) atoms. The molecule has 1 aromatic rings. The molecule has 0 saturated heterocycles. The van der Waals surface area contributed by atoms with Gasteiger partial charge in [-0.2, -0.15) is 0 Å². The maximum absolute atomic E-state index is 10.1. The lowest BCUT2D eigenvalue weighted by Gasteiger charge is -2.16. The van der Waals surface area contributed by atoms with Gasteiger partial charge in [0.05, 0.1) is 17.7 Å². The van der Waals surface area contributed by atoms with Crippen molar-refractivity contribution in [2.24, 2.45) is 0 Å². The van der Waals surface area contributed by atoms with E-state index >= 15 is 0 Å². The molecule has 0 bridgehead atoms. The average molecular weight is 308 g/mol. The monoisotopic (exact) mass is 306 g/mol. The first kappa shape index (κ1) is 13.8. The van der Waals surface area contributed by atoms with Gasteiger partial charge in [-0.25, -0.2) is 0 Å². The van der Waals surface area contributed by atoms with Crippen LogP contribution in [0.1, 0.15) is 37.9 Å². The Bertz CT molecular complexity index is 355. The molecule has 0 amide bonds. The molecule has 1 aromatic carbocycles. The number of aliphatic hydroxyl groups excluding tert-OH is 1. The van der Waals surface area contributed by atoms with E-state index in [1.165, 1.54) is 0 Å². The van der Waals surface area contributed by atoms with Crippen LogP contribution in [-0.4, -0.2) is 12.2 Å². The predicted molar refractivity (Wildman–Crippen MR) is 70.2 cm³/mol. The van der Waals surface area contributed by atoms with Crippen molar-refractivity contribution in [2.45, 2.75) is 32.3 Å². The van der Waals surface area contributed by atoms with E-state index in [-0.39, 0.29) is 0 Å². The Morgan fingerprint density at radius 1 is 1.50 bits per heavy atom. The molecule has 4 heteroatoms. The molecule has 0 aliphatic rings. The first-order valence-electron chi connectivity index (χ1n) is 5.31.